The molecule has 0 spiro atoms. The van der Waals surface area contributed by atoms with E-state index in [2.05, 4.69) is 15.6 Å². The van der Waals surface area contributed by atoms with Gasteiger partial charge >= 0.3 is 6.03 Å². The van der Waals surface area contributed by atoms with Crippen molar-refractivity contribution < 1.29 is 9.90 Å². The summed E-state index contributed by atoms with van der Waals surface area (Å²) in [4.78, 5) is 15.9. The predicted molar refractivity (Wildman–Crippen MR) is 73.1 cm³/mol. The molecule has 0 aliphatic rings. The zero-order valence-electron chi connectivity index (χ0n) is 10.1. The molecule has 96 valence electrons. The van der Waals surface area contributed by atoms with E-state index in [0.29, 0.717) is 18.7 Å². The maximum absolute atomic E-state index is 11.5. The summed E-state index contributed by atoms with van der Waals surface area (Å²) in [5, 5.41) is 15.0. The lowest BCUT2D eigenvalue weighted by Crippen LogP contribution is -2.29. The van der Waals surface area contributed by atoms with E-state index in [-0.39, 0.29) is 12.6 Å². The van der Waals surface area contributed by atoms with Crippen LogP contribution in [0.5, 0.6) is 0 Å². The fourth-order valence-electron chi connectivity index (χ4n) is 1.58. The van der Waals surface area contributed by atoms with Gasteiger partial charge in [0.2, 0.25) is 0 Å². The molecule has 0 radical (unpaired) electrons. The van der Waals surface area contributed by atoms with Crippen molar-refractivity contribution in [2.75, 3.05) is 18.5 Å². The number of anilines is 1. The Kier molecular flexibility index (Phi) is 4.11. The van der Waals surface area contributed by atoms with Crippen LogP contribution < -0.4 is 10.6 Å². The van der Waals surface area contributed by atoms with E-state index < -0.39 is 0 Å². The van der Waals surface area contributed by atoms with E-state index in [1.165, 1.54) is 0 Å². The first-order valence-electron chi connectivity index (χ1n) is 5.72. The smallest absolute Gasteiger partial charge is 0.319 e. The topological polar surface area (TPSA) is 74.2 Å². The third-order valence-electron chi connectivity index (χ3n) is 2.37. The van der Waals surface area contributed by atoms with Gasteiger partial charge in [-0.25, -0.2) is 9.78 Å². The Labute approximate surface area is 109 Å². The first-order chi connectivity index (χ1) is 8.69. The number of aryl methyl sites for hydroxylation is 1. The molecule has 0 aliphatic heterocycles. The standard InChI is InChI=1S/C12H15N3O2S/c1-8-14-10-7-9(3-4-11(10)18-8)15-12(17)13-5-2-6-16/h3-4,7,16H,2,5-6H2,1H3,(H2,13,15,17). The minimum Gasteiger partial charge on any atom is -0.396 e. The summed E-state index contributed by atoms with van der Waals surface area (Å²) >= 11 is 1.63. The van der Waals surface area contributed by atoms with Crippen molar-refractivity contribution in [2.45, 2.75) is 13.3 Å². The minimum absolute atomic E-state index is 0.0737. The second-order valence-corrected chi connectivity index (χ2v) is 5.11. The number of aromatic nitrogens is 1. The van der Waals surface area contributed by atoms with Gasteiger partial charge in [-0.15, -0.1) is 11.3 Å². The van der Waals surface area contributed by atoms with Gasteiger partial charge in [0.25, 0.3) is 0 Å². The lowest BCUT2D eigenvalue weighted by Gasteiger charge is -2.06. The highest BCUT2D eigenvalue weighted by atomic mass is 32.1. The van der Waals surface area contributed by atoms with Crippen LogP contribution >= 0.6 is 11.3 Å². The number of rotatable bonds is 4. The van der Waals surface area contributed by atoms with Gasteiger partial charge in [-0.05, 0) is 31.5 Å². The number of amides is 2. The van der Waals surface area contributed by atoms with Gasteiger partial charge in [-0.2, -0.15) is 0 Å². The molecule has 5 nitrogen and oxygen atoms in total. The number of hydrogen-bond acceptors (Lipinski definition) is 4. The monoisotopic (exact) mass is 265 g/mol. The van der Waals surface area contributed by atoms with Gasteiger partial charge in [0.05, 0.1) is 15.2 Å². The van der Waals surface area contributed by atoms with Crippen LogP contribution in [0.2, 0.25) is 0 Å². The number of nitrogens with zero attached hydrogens (tertiary/aromatic N) is 1. The Morgan fingerprint density at radius 3 is 3.11 bits per heavy atom. The highest BCUT2D eigenvalue weighted by Gasteiger charge is 2.04. The van der Waals surface area contributed by atoms with Gasteiger partial charge in [-0.1, -0.05) is 0 Å². The number of thiazole rings is 1. The van der Waals surface area contributed by atoms with Crippen molar-refractivity contribution in [2.24, 2.45) is 0 Å². The summed E-state index contributed by atoms with van der Waals surface area (Å²) in [6, 6.07) is 5.38. The molecule has 0 fully saturated rings. The molecule has 1 aromatic carbocycles. The second-order valence-electron chi connectivity index (χ2n) is 3.87. The average molecular weight is 265 g/mol. The summed E-state index contributed by atoms with van der Waals surface area (Å²) in [6.45, 7) is 2.49. The van der Waals surface area contributed by atoms with Crippen molar-refractivity contribution >= 4 is 33.3 Å². The van der Waals surface area contributed by atoms with Gasteiger partial charge < -0.3 is 15.7 Å². The minimum atomic E-state index is -0.269. The van der Waals surface area contributed by atoms with Crippen molar-refractivity contribution in [1.82, 2.24) is 10.3 Å². The molecule has 0 bridgehead atoms. The maximum atomic E-state index is 11.5. The molecule has 1 aromatic heterocycles. The number of fused-ring (bicyclic) bond motifs is 1. The average Bonchev–Trinajstić information content (AvgIpc) is 2.69. The first-order valence-corrected chi connectivity index (χ1v) is 6.53. The molecule has 0 saturated carbocycles. The summed E-state index contributed by atoms with van der Waals surface area (Å²) in [6.07, 6.45) is 0.553. The van der Waals surface area contributed by atoms with Gasteiger partial charge in [-0.3, -0.25) is 0 Å². The van der Waals surface area contributed by atoms with E-state index in [0.717, 1.165) is 15.2 Å². The molecule has 1 heterocycles. The number of aliphatic hydroxyl groups is 1. The molecule has 2 aromatic rings. The molecule has 6 heteroatoms. The number of aliphatic hydroxyl groups excluding tert-OH is 1. The fourth-order valence-corrected chi connectivity index (χ4v) is 2.38. The van der Waals surface area contributed by atoms with Crippen LogP contribution in [0.3, 0.4) is 0 Å². The van der Waals surface area contributed by atoms with Crippen LogP contribution in [0, 0.1) is 6.92 Å². The Balaban J connectivity index is 2.00. The Bertz CT molecular complexity index is 553. The van der Waals surface area contributed by atoms with Crippen LogP contribution in [0.25, 0.3) is 10.2 Å². The number of carbonyl (C=O) groups excluding carboxylic acids is 1. The number of carbonyl (C=O) groups is 1. The Morgan fingerprint density at radius 2 is 2.33 bits per heavy atom. The van der Waals surface area contributed by atoms with Crippen molar-refractivity contribution in [3.05, 3.63) is 23.2 Å². The fraction of sp³-hybridized carbons (Fsp3) is 0.333. The van der Waals surface area contributed by atoms with E-state index in [9.17, 15) is 4.79 Å². The van der Waals surface area contributed by atoms with Gasteiger partial charge in [0, 0.05) is 18.8 Å². The van der Waals surface area contributed by atoms with E-state index in [4.69, 9.17) is 5.11 Å². The summed E-state index contributed by atoms with van der Waals surface area (Å²) in [5.74, 6) is 0. The normalized spacial score (nSPS) is 10.6. The van der Waals surface area contributed by atoms with E-state index in [1.54, 1.807) is 11.3 Å². The summed E-state index contributed by atoms with van der Waals surface area (Å²) < 4.78 is 1.11. The van der Waals surface area contributed by atoms with Crippen LogP contribution in [0.4, 0.5) is 10.5 Å². The van der Waals surface area contributed by atoms with E-state index in [1.807, 2.05) is 25.1 Å². The van der Waals surface area contributed by atoms with Gasteiger partial charge in [0.15, 0.2) is 0 Å². The van der Waals surface area contributed by atoms with Crippen LogP contribution in [-0.4, -0.2) is 29.3 Å². The van der Waals surface area contributed by atoms with Crippen LogP contribution in [-0.2, 0) is 0 Å². The largest absolute Gasteiger partial charge is 0.396 e. The number of urea groups is 1. The number of nitrogens with one attached hydrogen (secondary N) is 2. The van der Waals surface area contributed by atoms with Crippen molar-refractivity contribution in [3.63, 3.8) is 0 Å². The van der Waals surface area contributed by atoms with Crippen molar-refractivity contribution in [1.29, 1.82) is 0 Å². The third-order valence-corrected chi connectivity index (χ3v) is 3.32. The van der Waals surface area contributed by atoms with Gasteiger partial charge in [0.1, 0.15) is 0 Å². The molecule has 2 rings (SSSR count). The quantitative estimate of drug-likeness (QED) is 0.741. The lowest BCUT2D eigenvalue weighted by molar-refractivity contribution is 0.249. The molecule has 2 amide bonds. The predicted octanol–water partition coefficient (Wildman–Crippen LogP) is 2.11. The Morgan fingerprint density at radius 1 is 1.50 bits per heavy atom. The highest BCUT2D eigenvalue weighted by Crippen LogP contribution is 2.24. The molecule has 18 heavy (non-hydrogen) atoms. The second kappa shape index (κ2) is 5.79. The maximum Gasteiger partial charge on any atom is 0.319 e. The Hall–Kier alpha value is -1.66. The molecule has 0 saturated heterocycles. The number of benzene rings is 1. The zero-order chi connectivity index (χ0) is 13.0. The molecule has 0 unspecified atom stereocenters. The lowest BCUT2D eigenvalue weighted by atomic mass is 10.3. The van der Waals surface area contributed by atoms with Crippen LogP contribution in [0.15, 0.2) is 18.2 Å². The molecule has 0 atom stereocenters. The van der Waals surface area contributed by atoms with Crippen molar-refractivity contribution in [3.8, 4) is 0 Å². The summed E-state index contributed by atoms with van der Waals surface area (Å²) in [5.41, 5.74) is 1.61. The highest BCUT2D eigenvalue weighted by molar-refractivity contribution is 7.18. The number of hydrogen-bond donors (Lipinski definition) is 3. The van der Waals surface area contributed by atoms with Crippen LogP contribution in [0.1, 0.15) is 11.4 Å². The molecule has 0 aliphatic carbocycles. The molecular weight excluding hydrogens is 250 g/mol. The van der Waals surface area contributed by atoms with E-state index >= 15 is 0 Å². The zero-order valence-corrected chi connectivity index (χ0v) is 10.9. The first kappa shape index (κ1) is 12.8. The molecular formula is C12H15N3O2S. The summed E-state index contributed by atoms with van der Waals surface area (Å²) in [7, 11) is 0. The third kappa shape index (κ3) is 3.18. The molecule has 3 N–H and O–H groups in total. The SMILES string of the molecule is Cc1nc2cc(NC(=O)NCCCO)ccc2s1.